The summed E-state index contributed by atoms with van der Waals surface area (Å²) >= 11 is 0. The molecular formula is C35H22N2O. The highest BCUT2D eigenvalue weighted by Gasteiger charge is 2.15. The molecule has 0 atom stereocenters. The van der Waals surface area contributed by atoms with Crippen molar-refractivity contribution in [2.75, 3.05) is 0 Å². The van der Waals surface area contributed by atoms with Crippen LogP contribution in [0.5, 0.6) is 0 Å². The molecule has 0 fully saturated rings. The lowest BCUT2D eigenvalue weighted by atomic mass is 9.96. The zero-order chi connectivity index (χ0) is 25.1. The van der Waals surface area contributed by atoms with Crippen LogP contribution in [-0.4, -0.2) is 9.55 Å². The summed E-state index contributed by atoms with van der Waals surface area (Å²) in [6, 6.07) is 46.7. The monoisotopic (exact) mass is 486 g/mol. The highest BCUT2D eigenvalue weighted by molar-refractivity contribution is 6.09. The largest absolute Gasteiger partial charge is 0.454 e. The van der Waals surface area contributed by atoms with Crippen LogP contribution in [0, 0.1) is 0 Å². The molecule has 0 radical (unpaired) electrons. The first kappa shape index (κ1) is 21.0. The first-order valence-corrected chi connectivity index (χ1v) is 12.8. The molecule has 8 aromatic rings. The van der Waals surface area contributed by atoms with Crippen LogP contribution < -0.4 is 0 Å². The summed E-state index contributed by atoms with van der Waals surface area (Å²) in [5, 5.41) is 3.56. The predicted octanol–water partition coefficient (Wildman–Crippen LogP) is 9.41. The van der Waals surface area contributed by atoms with Crippen LogP contribution in [0.25, 0.3) is 71.9 Å². The maximum absolute atomic E-state index is 6.02. The number of hydrogen-bond acceptors (Lipinski definition) is 2. The number of hydrogen-bond donors (Lipinski definition) is 0. The van der Waals surface area contributed by atoms with Gasteiger partial charge in [0.1, 0.15) is 11.1 Å². The van der Waals surface area contributed by atoms with E-state index in [1.165, 1.54) is 21.8 Å². The van der Waals surface area contributed by atoms with E-state index >= 15 is 0 Å². The zero-order valence-electron chi connectivity index (χ0n) is 20.5. The van der Waals surface area contributed by atoms with Crippen LogP contribution >= 0.6 is 0 Å². The summed E-state index contributed by atoms with van der Waals surface area (Å²) in [6.45, 7) is 0. The van der Waals surface area contributed by atoms with Crippen molar-refractivity contribution < 1.29 is 4.42 Å². The maximum Gasteiger partial charge on any atom is 0.153 e. The molecule has 0 aliphatic heterocycles. The Morgan fingerprint density at radius 1 is 0.500 bits per heavy atom. The zero-order valence-corrected chi connectivity index (χ0v) is 20.5. The molecule has 5 aromatic carbocycles. The van der Waals surface area contributed by atoms with Gasteiger partial charge in [-0.25, -0.2) is 4.98 Å². The topological polar surface area (TPSA) is 31.0 Å². The SMILES string of the molecule is c1cc(-c2ccccc2-c2ccc3oc4ccccc4c3n2)cc(-n2c3ccccc3c3ccccc32)c1. The van der Waals surface area contributed by atoms with Crippen LogP contribution in [-0.2, 0) is 0 Å². The molecule has 0 aliphatic rings. The van der Waals surface area contributed by atoms with Crippen LogP contribution in [0.1, 0.15) is 0 Å². The Morgan fingerprint density at radius 2 is 1.16 bits per heavy atom. The Balaban J connectivity index is 1.32. The van der Waals surface area contributed by atoms with E-state index in [-0.39, 0.29) is 0 Å². The molecule has 0 bridgehead atoms. The van der Waals surface area contributed by atoms with Crippen molar-refractivity contribution in [3.05, 3.63) is 133 Å². The molecule has 0 aliphatic carbocycles. The number of nitrogens with zero attached hydrogens (tertiary/aromatic N) is 2. The van der Waals surface area contributed by atoms with E-state index in [9.17, 15) is 0 Å². The highest BCUT2D eigenvalue weighted by Crippen LogP contribution is 2.37. The summed E-state index contributed by atoms with van der Waals surface area (Å²) in [4.78, 5) is 5.07. The lowest BCUT2D eigenvalue weighted by molar-refractivity contribution is 0.668. The van der Waals surface area contributed by atoms with Gasteiger partial charge in [-0.2, -0.15) is 0 Å². The van der Waals surface area contributed by atoms with Gasteiger partial charge in [-0.05, 0) is 59.7 Å². The minimum absolute atomic E-state index is 0.806. The standard InChI is InChI=1S/C35H22N2O/c1-2-13-26(30-20-21-34-35(36-30)29-16-5-8-19-33(29)38-34)25(12-1)23-10-9-11-24(22-23)37-31-17-6-3-14-27(31)28-15-4-7-18-32(28)37/h1-22H. The van der Waals surface area contributed by atoms with Gasteiger partial charge in [-0.1, -0.05) is 84.9 Å². The van der Waals surface area contributed by atoms with E-state index in [4.69, 9.17) is 9.40 Å². The Morgan fingerprint density at radius 3 is 1.95 bits per heavy atom. The van der Waals surface area contributed by atoms with Gasteiger partial charge in [-0.3, -0.25) is 0 Å². The summed E-state index contributed by atoms with van der Waals surface area (Å²) in [5.74, 6) is 0. The van der Waals surface area contributed by atoms with Gasteiger partial charge in [-0.15, -0.1) is 0 Å². The average Bonchev–Trinajstić information content (AvgIpc) is 3.53. The molecule has 3 heterocycles. The normalized spacial score (nSPS) is 11.7. The van der Waals surface area contributed by atoms with E-state index in [1.807, 2.05) is 24.3 Å². The third-order valence-corrected chi connectivity index (χ3v) is 7.42. The van der Waals surface area contributed by atoms with Crippen molar-refractivity contribution in [2.24, 2.45) is 0 Å². The number of para-hydroxylation sites is 3. The molecule has 0 saturated carbocycles. The van der Waals surface area contributed by atoms with Gasteiger partial charge in [0.15, 0.2) is 5.58 Å². The summed E-state index contributed by atoms with van der Waals surface area (Å²) in [5.41, 5.74) is 10.4. The first-order chi connectivity index (χ1) is 18.8. The second kappa shape index (κ2) is 8.19. The van der Waals surface area contributed by atoms with E-state index in [1.54, 1.807) is 0 Å². The molecule has 0 amide bonds. The third kappa shape index (κ3) is 3.12. The summed E-state index contributed by atoms with van der Waals surface area (Å²) in [6.07, 6.45) is 0. The molecule has 0 spiro atoms. The van der Waals surface area contributed by atoms with Crippen molar-refractivity contribution in [1.29, 1.82) is 0 Å². The maximum atomic E-state index is 6.02. The van der Waals surface area contributed by atoms with Crippen LogP contribution in [0.3, 0.4) is 0 Å². The number of pyridine rings is 1. The van der Waals surface area contributed by atoms with Gasteiger partial charge in [0.05, 0.1) is 16.7 Å². The molecule has 178 valence electrons. The van der Waals surface area contributed by atoms with Crippen molar-refractivity contribution in [3.8, 4) is 28.1 Å². The first-order valence-electron chi connectivity index (χ1n) is 12.8. The molecular weight excluding hydrogens is 464 g/mol. The quantitative estimate of drug-likeness (QED) is 0.249. The molecule has 0 saturated heterocycles. The molecule has 0 N–H and O–H groups in total. The summed E-state index contributed by atoms with van der Waals surface area (Å²) in [7, 11) is 0. The van der Waals surface area contributed by atoms with E-state index < -0.39 is 0 Å². The fraction of sp³-hybridized carbons (Fsp3) is 0. The van der Waals surface area contributed by atoms with Crippen molar-refractivity contribution in [2.45, 2.75) is 0 Å². The van der Waals surface area contributed by atoms with Crippen LogP contribution in [0.15, 0.2) is 138 Å². The van der Waals surface area contributed by atoms with Gasteiger partial charge in [0.25, 0.3) is 0 Å². The Hall–Kier alpha value is -5.15. The molecule has 38 heavy (non-hydrogen) atoms. The average molecular weight is 487 g/mol. The fourth-order valence-corrected chi connectivity index (χ4v) is 5.71. The third-order valence-electron chi connectivity index (χ3n) is 7.42. The number of fused-ring (bicyclic) bond motifs is 6. The predicted molar refractivity (Wildman–Crippen MR) is 157 cm³/mol. The number of furan rings is 1. The fourth-order valence-electron chi connectivity index (χ4n) is 5.71. The Kier molecular flexibility index (Phi) is 4.52. The molecule has 3 nitrogen and oxygen atoms in total. The van der Waals surface area contributed by atoms with Crippen molar-refractivity contribution >= 4 is 43.9 Å². The van der Waals surface area contributed by atoms with Crippen LogP contribution in [0.2, 0.25) is 0 Å². The van der Waals surface area contributed by atoms with Crippen molar-refractivity contribution in [3.63, 3.8) is 0 Å². The second-order valence-electron chi connectivity index (χ2n) is 9.61. The number of rotatable bonds is 3. The van der Waals surface area contributed by atoms with E-state index in [0.717, 1.165) is 50.1 Å². The smallest absolute Gasteiger partial charge is 0.153 e. The summed E-state index contributed by atoms with van der Waals surface area (Å²) < 4.78 is 8.38. The van der Waals surface area contributed by atoms with Gasteiger partial charge in [0, 0.05) is 27.4 Å². The minimum atomic E-state index is 0.806. The van der Waals surface area contributed by atoms with E-state index in [2.05, 4.69) is 114 Å². The van der Waals surface area contributed by atoms with Gasteiger partial charge < -0.3 is 8.98 Å². The molecule has 0 unspecified atom stereocenters. The van der Waals surface area contributed by atoms with Crippen LogP contribution in [0.4, 0.5) is 0 Å². The molecule has 3 heteroatoms. The Labute approximate surface area is 219 Å². The molecule has 8 rings (SSSR count). The Bertz CT molecular complexity index is 2090. The van der Waals surface area contributed by atoms with Gasteiger partial charge in [0.2, 0.25) is 0 Å². The number of benzene rings is 5. The lowest BCUT2D eigenvalue weighted by Crippen LogP contribution is -1.95. The van der Waals surface area contributed by atoms with Gasteiger partial charge >= 0.3 is 0 Å². The second-order valence-corrected chi connectivity index (χ2v) is 9.61. The number of aromatic nitrogens is 2. The highest BCUT2D eigenvalue weighted by atomic mass is 16.3. The van der Waals surface area contributed by atoms with Crippen molar-refractivity contribution in [1.82, 2.24) is 9.55 Å². The van der Waals surface area contributed by atoms with E-state index in [0.29, 0.717) is 0 Å². The lowest BCUT2D eigenvalue weighted by Gasteiger charge is -2.13. The molecule has 3 aromatic heterocycles. The minimum Gasteiger partial charge on any atom is -0.454 e.